The molecular weight excluding hydrogens is 200 g/mol. The van der Waals surface area contributed by atoms with Crippen molar-refractivity contribution in [3.05, 3.63) is 29.8 Å². The molecule has 0 aliphatic carbocycles. The number of amides is 1. The highest BCUT2D eigenvalue weighted by Gasteiger charge is 2.05. The molecule has 0 bridgehead atoms. The maximum atomic E-state index is 10.9. The number of primary amides is 1. The van der Waals surface area contributed by atoms with Crippen LogP contribution in [0.5, 0.6) is 0 Å². The Bertz CT molecular complexity index is 343. The molecule has 1 unspecified atom stereocenters. The van der Waals surface area contributed by atoms with E-state index < -0.39 is 0 Å². The van der Waals surface area contributed by atoms with Crippen LogP contribution in [0, 0.1) is 5.92 Å². The number of hydrogen-bond acceptors (Lipinski definition) is 2. The van der Waals surface area contributed by atoms with Crippen molar-refractivity contribution in [3.63, 3.8) is 0 Å². The zero-order chi connectivity index (χ0) is 12.1. The molecule has 0 saturated carbocycles. The summed E-state index contributed by atoms with van der Waals surface area (Å²) in [5, 5.41) is 3.39. The molecule has 88 valence electrons. The van der Waals surface area contributed by atoms with Gasteiger partial charge in [0.2, 0.25) is 5.91 Å². The minimum Gasteiger partial charge on any atom is -0.383 e. The predicted molar refractivity (Wildman–Crippen MR) is 67.5 cm³/mol. The van der Waals surface area contributed by atoms with Crippen LogP contribution < -0.4 is 11.1 Å². The first-order valence-corrected chi connectivity index (χ1v) is 5.65. The van der Waals surface area contributed by atoms with E-state index in [1.165, 1.54) is 0 Å². The van der Waals surface area contributed by atoms with Crippen LogP contribution in [0.3, 0.4) is 0 Å². The van der Waals surface area contributed by atoms with Crippen molar-refractivity contribution >= 4 is 11.6 Å². The first-order chi connectivity index (χ1) is 7.49. The third kappa shape index (κ3) is 3.93. The topological polar surface area (TPSA) is 55.1 Å². The van der Waals surface area contributed by atoms with Crippen molar-refractivity contribution in [2.24, 2.45) is 11.7 Å². The van der Waals surface area contributed by atoms with Crippen molar-refractivity contribution in [2.75, 3.05) is 5.32 Å². The predicted octanol–water partition coefficient (Wildman–Crippen LogP) is 2.63. The molecule has 3 heteroatoms. The van der Waals surface area contributed by atoms with E-state index in [1.54, 1.807) is 12.1 Å². The van der Waals surface area contributed by atoms with Crippen LogP contribution in [0.15, 0.2) is 24.3 Å². The van der Waals surface area contributed by atoms with E-state index in [2.05, 4.69) is 26.1 Å². The number of nitrogens with one attached hydrogen (secondary N) is 1. The summed E-state index contributed by atoms with van der Waals surface area (Å²) in [7, 11) is 0. The van der Waals surface area contributed by atoms with Crippen LogP contribution in [-0.2, 0) is 0 Å². The maximum absolute atomic E-state index is 10.9. The highest BCUT2D eigenvalue weighted by atomic mass is 16.1. The van der Waals surface area contributed by atoms with Crippen molar-refractivity contribution in [1.29, 1.82) is 0 Å². The fourth-order valence-electron chi connectivity index (χ4n) is 1.78. The fraction of sp³-hybridized carbons (Fsp3) is 0.462. The van der Waals surface area contributed by atoms with Crippen molar-refractivity contribution < 1.29 is 4.79 Å². The number of hydrogen-bond donors (Lipinski definition) is 2. The lowest BCUT2D eigenvalue weighted by atomic mass is 10.0. The molecule has 0 spiro atoms. The van der Waals surface area contributed by atoms with Crippen molar-refractivity contribution in [1.82, 2.24) is 0 Å². The zero-order valence-electron chi connectivity index (χ0n) is 10.2. The molecule has 0 aliphatic rings. The highest BCUT2D eigenvalue weighted by Crippen LogP contribution is 2.13. The van der Waals surface area contributed by atoms with Crippen molar-refractivity contribution in [2.45, 2.75) is 33.2 Å². The summed E-state index contributed by atoms with van der Waals surface area (Å²) in [5.41, 5.74) is 6.74. The Balaban J connectivity index is 2.58. The molecule has 3 N–H and O–H groups in total. The van der Waals surface area contributed by atoms with E-state index in [9.17, 15) is 4.79 Å². The third-order valence-corrected chi connectivity index (χ3v) is 2.41. The van der Waals surface area contributed by atoms with Gasteiger partial charge in [0.1, 0.15) is 0 Å². The molecule has 1 aromatic carbocycles. The van der Waals surface area contributed by atoms with Crippen LogP contribution in [0.4, 0.5) is 5.69 Å². The standard InChI is InChI=1S/C13H20N2O/c1-9(2)8-10(3)15-12-6-4-11(5-7-12)13(14)16/h4-7,9-10,15H,8H2,1-3H3,(H2,14,16). The van der Waals surface area contributed by atoms with Crippen molar-refractivity contribution in [3.8, 4) is 0 Å². The smallest absolute Gasteiger partial charge is 0.248 e. The second kappa shape index (κ2) is 5.54. The molecule has 16 heavy (non-hydrogen) atoms. The molecule has 1 atom stereocenters. The monoisotopic (exact) mass is 220 g/mol. The molecular formula is C13H20N2O. The van der Waals surface area contributed by atoms with Gasteiger partial charge in [-0.2, -0.15) is 0 Å². The quantitative estimate of drug-likeness (QED) is 0.801. The lowest BCUT2D eigenvalue weighted by Gasteiger charge is -2.17. The molecule has 0 saturated heterocycles. The summed E-state index contributed by atoms with van der Waals surface area (Å²) in [6, 6.07) is 7.69. The van der Waals surface area contributed by atoms with E-state index in [1.807, 2.05) is 12.1 Å². The highest BCUT2D eigenvalue weighted by molar-refractivity contribution is 5.93. The van der Waals surface area contributed by atoms with Gasteiger partial charge in [-0.25, -0.2) is 0 Å². The van der Waals surface area contributed by atoms with E-state index in [4.69, 9.17) is 5.73 Å². The van der Waals surface area contributed by atoms with Gasteiger partial charge in [-0.3, -0.25) is 4.79 Å². The van der Waals surface area contributed by atoms with Gasteiger partial charge in [-0.1, -0.05) is 13.8 Å². The summed E-state index contributed by atoms with van der Waals surface area (Å²) in [6.45, 7) is 6.56. The van der Waals surface area contributed by atoms with Crippen LogP contribution in [-0.4, -0.2) is 11.9 Å². The van der Waals surface area contributed by atoms with E-state index in [-0.39, 0.29) is 5.91 Å². The van der Waals surface area contributed by atoms with Crippen LogP contribution >= 0.6 is 0 Å². The van der Waals surface area contributed by atoms with Gasteiger partial charge in [0.15, 0.2) is 0 Å². The summed E-state index contributed by atoms with van der Waals surface area (Å²) < 4.78 is 0. The third-order valence-electron chi connectivity index (χ3n) is 2.41. The lowest BCUT2D eigenvalue weighted by molar-refractivity contribution is 0.100. The molecule has 1 amide bonds. The molecule has 1 rings (SSSR count). The summed E-state index contributed by atoms with van der Waals surface area (Å²) >= 11 is 0. The molecule has 0 aromatic heterocycles. The van der Waals surface area contributed by atoms with Gasteiger partial charge in [-0.05, 0) is 43.5 Å². The van der Waals surface area contributed by atoms with E-state index in [0.717, 1.165) is 12.1 Å². The fourth-order valence-corrected chi connectivity index (χ4v) is 1.78. The second-order valence-electron chi connectivity index (χ2n) is 4.62. The molecule has 0 radical (unpaired) electrons. The largest absolute Gasteiger partial charge is 0.383 e. The van der Waals surface area contributed by atoms with E-state index in [0.29, 0.717) is 17.5 Å². The normalized spacial score (nSPS) is 12.5. The van der Waals surface area contributed by atoms with Crippen LogP contribution in [0.1, 0.15) is 37.6 Å². The van der Waals surface area contributed by atoms with Crippen LogP contribution in [0.2, 0.25) is 0 Å². The molecule has 3 nitrogen and oxygen atoms in total. The maximum Gasteiger partial charge on any atom is 0.248 e. The first kappa shape index (κ1) is 12.6. The Kier molecular flexibility index (Phi) is 4.35. The Morgan fingerprint density at radius 3 is 2.25 bits per heavy atom. The Morgan fingerprint density at radius 2 is 1.81 bits per heavy atom. The number of rotatable bonds is 5. The molecule has 0 fully saturated rings. The first-order valence-electron chi connectivity index (χ1n) is 5.65. The zero-order valence-corrected chi connectivity index (χ0v) is 10.2. The number of carbonyl (C=O) groups excluding carboxylic acids is 1. The van der Waals surface area contributed by atoms with Gasteiger partial charge < -0.3 is 11.1 Å². The molecule has 1 aromatic rings. The molecule has 0 heterocycles. The number of anilines is 1. The second-order valence-corrected chi connectivity index (χ2v) is 4.62. The SMILES string of the molecule is CC(C)CC(C)Nc1ccc(C(N)=O)cc1. The minimum absolute atomic E-state index is 0.387. The van der Waals surface area contributed by atoms with Crippen LogP contribution in [0.25, 0.3) is 0 Å². The minimum atomic E-state index is -0.387. The lowest BCUT2D eigenvalue weighted by Crippen LogP contribution is -2.17. The van der Waals surface area contributed by atoms with Gasteiger partial charge >= 0.3 is 0 Å². The number of benzene rings is 1. The van der Waals surface area contributed by atoms with Gasteiger partial charge in [0, 0.05) is 17.3 Å². The summed E-state index contributed by atoms with van der Waals surface area (Å²) in [4.78, 5) is 10.9. The summed E-state index contributed by atoms with van der Waals surface area (Å²) in [6.07, 6.45) is 1.12. The molecule has 0 aliphatic heterocycles. The Labute approximate surface area is 97.0 Å². The Hall–Kier alpha value is -1.51. The van der Waals surface area contributed by atoms with Gasteiger partial charge in [-0.15, -0.1) is 0 Å². The average molecular weight is 220 g/mol. The van der Waals surface area contributed by atoms with E-state index >= 15 is 0 Å². The van der Waals surface area contributed by atoms with Gasteiger partial charge in [0.05, 0.1) is 0 Å². The number of carbonyl (C=O) groups is 1. The number of nitrogens with two attached hydrogens (primary N) is 1. The summed E-state index contributed by atoms with van der Waals surface area (Å²) in [5.74, 6) is 0.286. The Morgan fingerprint density at radius 1 is 1.25 bits per heavy atom. The van der Waals surface area contributed by atoms with Gasteiger partial charge in [0.25, 0.3) is 0 Å². The average Bonchev–Trinajstić information content (AvgIpc) is 2.16.